The lowest BCUT2D eigenvalue weighted by atomic mass is 10.0. The van der Waals surface area contributed by atoms with E-state index in [1.165, 1.54) is 0 Å². The van der Waals surface area contributed by atoms with Gasteiger partial charge in [0, 0.05) is 24.0 Å². The number of halogens is 1. The Morgan fingerprint density at radius 2 is 2.24 bits per heavy atom. The van der Waals surface area contributed by atoms with Gasteiger partial charge in [-0.2, -0.15) is 0 Å². The number of nitrogens with zero attached hydrogens (tertiary/aromatic N) is 2. The Morgan fingerprint density at radius 1 is 1.53 bits per heavy atom. The summed E-state index contributed by atoms with van der Waals surface area (Å²) >= 11 is 6.11. The number of hydrogen-bond acceptors (Lipinski definition) is 2. The van der Waals surface area contributed by atoms with E-state index >= 15 is 0 Å². The van der Waals surface area contributed by atoms with Crippen molar-refractivity contribution in [1.82, 2.24) is 9.88 Å². The fraction of sp³-hybridized carbons (Fsp3) is 0.538. The van der Waals surface area contributed by atoms with Crippen LogP contribution in [0.5, 0.6) is 0 Å². The number of carbonyl (C=O) groups is 1. The van der Waals surface area contributed by atoms with Gasteiger partial charge in [-0.25, -0.2) is 0 Å². The van der Waals surface area contributed by atoms with Crippen LogP contribution in [0, 0.1) is 6.92 Å². The Morgan fingerprint density at radius 3 is 2.76 bits per heavy atom. The summed E-state index contributed by atoms with van der Waals surface area (Å²) in [5.41, 5.74) is 1.25. The zero-order valence-electron chi connectivity index (χ0n) is 10.5. The second-order valence-electron chi connectivity index (χ2n) is 5.18. The smallest absolute Gasteiger partial charge is 0.257 e. The summed E-state index contributed by atoms with van der Waals surface area (Å²) in [6.45, 7) is 6.84. The summed E-state index contributed by atoms with van der Waals surface area (Å²) in [5.74, 6) is -0.00926. The first-order valence-electron chi connectivity index (χ1n) is 5.86. The predicted molar refractivity (Wildman–Crippen MR) is 68.3 cm³/mol. The molecular weight excluding hydrogens is 236 g/mol. The average Bonchev–Trinajstić information content (AvgIpc) is 2.57. The Labute approximate surface area is 107 Å². The van der Waals surface area contributed by atoms with Crippen LogP contribution in [0.1, 0.15) is 42.7 Å². The van der Waals surface area contributed by atoms with Crippen molar-refractivity contribution in [3.05, 3.63) is 28.5 Å². The van der Waals surface area contributed by atoms with Gasteiger partial charge in [0.05, 0.1) is 10.6 Å². The Bertz CT molecular complexity index is 457. The molecule has 1 aliphatic heterocycles. The van der Waals surface area contributed by atoms with E-state index < -0.39 is 0 Å². The molecule has 1 fully saturated rings. The van der Waals surface area contributed by atoms with Crippen molar-refractivity contribution in [3.8, 4) is 0 Å². The van der Waals surface area contributed by atoms with E-state index in [0.717, 1.165) is 25.1 Å². The highest BCUT2D eigenvalue weighted by Gasteiger charge is 2.36. The maximum Gasteiger partial charge on any atom is 0.257 e. The maximum atomic E-state index is 12.4. The second kappa shape index (κ2) is 4.30. The van der Waals surface area contributed by atoms with E-state index in [9.17, 15) is 4.79 Å². The summed E-state index contributed by atoms with van der Waals surface area (Å²) < 4.78 is 0. The fourth-order valence-electron chi connectivity index (χ4n) is 2.31. The molecule has 0 aromatic carbocycles. The molecule has 92 valence electrons. The molecule has 1 aliphatic rings. The Kier molecular flexibility index (Phi) is 3.13. The molecule has 0 atom stereocenters. The molecule has 2 heterocycles. The number of hydrogen-bond donors (Lipinski definition) is 0. The topological polar surface area (TPSA) is 33.2 Å². The van der Waals surface area contributed by atoms with Gasteiger partial charge in [0.2, 0.25) is 0 Å². The quantitative estimate of drug-likeness (QED) is 0.770. The van der Waals surface area contributed by atoms with Gasteiger partial charge in [0.15, 0.2) is 0 Å². The Balaban J connectivity index is 2.31. The Hall–Kier alpha value is -1.09. The van der Waals surface area contributed by atoms with Crippen LogP contribution < -0.4 is 0 Å². The summed E-state index contributed by atoms with van der Waals surface area (Å²) in [6, 6.07) is 1.73. The highest BCUT2D eigenvalue weighted by Crippen LogP contribution is 2.31. The molecule has 1 saturated heterocycles. The molecule has 4 heteroatoms. The molecule has 0 spiro atoms. The van der Waals surface area contributed by atoms with E-state index in [1.54, 1.807) is 12.3 Å². The first-order valence-corrected chi connectivity index (χ1v) is 6.24. The van der Waals surface area contributed by atoms with Crippen LogP contribution in [0.2, 0.25) is 5.02 Å². The van der Waals surface area contributed by atoms with Crippen molar-refractivity contribution in [3.63, 3.8) is 0 Å². The summed E-state index contributed by atoms with van der Waals surface area (Å²) in [5, 5.41) is 0.491. The van der Waals surface area contributed by atoms with E-state index in [0.29, 0.717) is 10.6 Å². The summed E-state index contributed by atoms with van der Waals surface area (Å²) in [7, 11) is 0. The predicted octanol–water partition coefficient (Wildman–Crippen LogP) is 3.06. The van der Waals surface area contributed by atoms with Crippen LogP contribution >= 0.6 is 11.6 Å². The number of aromatic nitrogens is 1. The first kappa shape index (κ1) is 12.4. The SMILES string of the molecule is Cc1cc(Cl)c(C(=O)N2CCCC2(C)C)cn1. The minimum absolute atomic E-state index is 0.00926. The molecule has 0 N–H and O–H groups in total. The van der Waals surface area contributed by atoms with Gasteiger partial charge in [0.1, 0.15) is 0 Å². The largest absolute Gasteiger partial charge is 0.333 e. The van der Waals surface area contributed by atoms with Crippen molar-refractivity contribution >= 4 is 17.5 Å². The van der Waals surface area contributed by atoms with Gasteiger partial charge < -0.3 is 4.90 Å². The third-order valence-corrected chi connectivity index (χ3v) is 3.68. The molecule has 1 amide bonds. The van der Waals surface area contributed by atoms with Crippen LogP contribution in [0.25, 0.3) is 0 Å². The van der Waals surface area contributed by atoms with Crippen molar-refractivity contribution in [2.75, 3.05) is 6.54 Å². The highest BCUT2D eigenvalue weighted by molar-refractivity contribution is 6.33. The molecule has 17 heavy (non-hydrogen) atoms. The van der Waals surface area contributed by atoms with Gasteiger partial charge in [-0.15, -0.1) is 0 Å². The van der Waals surface area contributed by atoms with Crippen LogP contribution in [-0.4, -0.2) is 27.9 Å². The molecule has 3 nitrogen and oxygen atoms in total. The molecular formula is C13H17ClN2O. The monoisotopic (exact) mass is 252 g/mol. The zero-order valence-corrected chi connectivity index (χ0v) is 11.2. The van der Waals surface area contributed by atoms with Gasteiger partial charge in [0.25, 0.3) is 5.91 Å². The minimum atomic E-state index is -0.0781. The van der Waals surface area contributed by atoms with Crippen LogP contribution in [0.15, 0.2) is 12.3 Å². The van der Waals surface area contributed by atoms with Gasteiger partial charge in [-0.05, 0) is 39.7 Å². The normalized spacial score (nSPS) is 18.5. The van der Waals surface area contributed by atoms with Crippen molar-refractivity contribution < 1.29 is 4.79 Å². The molecule has 1 aromatic heterocycles. The fourth-order valence-corrected chi connectivity index (χ4v) is 2.60. The van der Waals surface area contributed by atoms with Crippen molar-refractivity contribution in [1.29, 1.82) is 0 Å². The minimum Gasteiger partial charge on any atom is -0.333 e. The number of pyridine rings is 1. The first-order chi connectivity index (χ1) is 7.92. The number of likely N-dealkylation sites (tertiary alicyclic amines) is 1. The van der Waals surface area contributed by atoms with Gasteiger partial charge in [-0.1, -0.05) is 11.6 Å². The number of carbonyl (C=O) groups excluding carboxylic acids is 1. The molecule has 0 radical (unpaired) electrons. The van der Waals surface area contributed by atoms with Gasteiger partial charge in [-0.3, -0.25) is 9.78 Å². The molecule has 0 saturated carbocycles. The van der Waals surface area contributed by atoms with E-state index in [4.69, 9.17) is 11.6 Å². The van der Waals surface area contributed by atoms with Crippen molar-refractivity contribution in [2.45, 2.75) is 39.2 Å². The molecule has 2 rings (SSSR count). The van der Waals surface area contributed by atoms with E-state index in [2.05, 4.69) is 18.8 Å². The summed E-state index contributed by atoms with van der Waals surface area (Å²) in [6.07, 6.45) is 3.67. The van der Waals surface area contributed by atoms with Crippen LogP contribution in [0.3, 0.4) is 0 Å². The standard InChI is InChI=1S/C13H17ClN2O/c1-9-7-11(14)10(8-15-9)12(17)16-6-4-5-13(16,2)3/h7-8H,4-6H2,1-3H3. The van der Waals surface area contributed by atoms with Crippen molar-refractivity contribution in [2.24, 2.45) is 0 Å². The lowest BCUT2D eigenvalue weighted by Gasteiger charge is -2.31. The second-order valence-corrected chi connectivity index (χ2v) is 5.59. The zero-order chi connectivity index (χ0) is 12.6. The number of aryl methyl sites for hydroxylation is 1. The van der Waals surface area contributed by atoms with Crippen LogP contribution in [-0.2, 0) is 0 Å². The molecule has 0 unspecified atom stereocenters. The third-order valence-electron chi connectivity index (χ3n) is 3.37. The molecule has 0 aliphatic carbocycles. The van der Waals surface area contributed by atoms with E-state index in [1.807, 2.05) is 11.8 Å². The lowest BCUT2D eigenvalue weighted by molar-refractivity contribution is 0.0652. The molecule has 0 bridgehead atoms. The highest BCUT2D eigenvalue weighted by atomic mass is 35.5. The summed E-state index contributed by atoms with van der Waals surface area (Å²) in [4.78, 5) is 18.4. The number of rotatable bonds is 1. The molecule has 1 aromatic rings. The van der Waals surface area contributed by atoms with Gasteiger partial charge >= 0.3 is 0 Å². The third kappa shape index (κ3) is 2.29. The number of amides is 1. The van der Waals surface area contributed by atoms with Crippen LogP contribution in [0.4, 0.5) is 0 Å². The lowest BCUT2D eigenvalue weighted by Crippen LogP contribution is -2.42. The average molecular weight is 253 g/mol. The van der Waals surface area contributed by atoms with E-state index in [-0.39, 0.29) is 11.4 Å². The maximum absolute atomic E-state index is 12.4.